The van der Waals surface area contributed by atoms with E-state index in [-0.39, 0.29) is 17.5 Å². The summed E-state index contributed by atoms with van der Waals surface area (Å²) in [4.78, 5) is 11.7. The van der Waals surface area contributed by atoms with E-state index in [1.807, 2.05) is 12.1 Å². The third-order valence-corrected chi connectivity index (χ3v) is 5.82. The fourth-order valence-corrected chi connectivity index (χ4v) is 4.13. The predicted molar refractivity (Wildman–Crippen MR) is 83.0 cm³/mol. The Morgan fingerprint density at radius 1 is 1.36 bits per heavy atom. The zero-order valence-corrected chi connectivity index (χ0v) is 13.7. The van der Waals surface area contributed by atoms with Crippen LogP contribution in [0.2, 0.25) is 0 Å². The Morgan fingerprint density at radius 3 is 2.77 bits per heavy atom. The Balaban J connectivity index is 2.00. The summed E-state index contributed by atoms with van der Waals surface area (Å²) in [6.07, 6.45) is 2.10. The van der Waals surface area contributed by atoms with Crippen LogP contribution in [-0.4, -0.2) is 29.9 Å². The molecule has 1 saturated carbocycles. The predicted octanol–water partition coefficient (Wildman–Crippen LogP) is 2.96. The van der Waals surface area contributed by atoms with Crippen molar-refractivity contribution in [3.63, 3.8) is 0 Å². The van der Waals surface area contributed by atoms with Gasteiger partial charge in [-0.05, 0) is 42.5 Å². The molecule has 2 aliphatic rings. The zero-order valence-electron chi connectivity index (χ0n) is 13.7. The van der Waals surface area contributed by atoms with Gasteiger partial charge in [0.1, 0.15) is 11.4 Å². The second-order valence-electron chi connectivity index (χ2n) is 7.20. The summed E-state index contributed by atoms with van der Waals surface area (Å²) < 4.78 is 11.2. The van der Waals surface area contributed by atoms with Gasteiger partial charge in [0, 0.05) is 11.8 Å². The number of carbonyl (C=O) groups is 1. The smallest absolute Gasteiger partial charge is 0.337 e. The van der Waals surface area contributed by atoms with Gasteiger partial charge in [-0.15, -0.1) is 0 Å². The molecule has 1 N–H and O–H groups in total. The first-order valence-electron chi connectivity index (χ1n) is 7.90. The fourth-order valence-electron chi connectivity index (χ4n) is 4.13. The Hall–Kier alpha value is -1.55. The monoisotopic (exact) mass is 304 g/mol. The van der Waals surface area contributed by atoms with E-state index in [9.17, 15) is 9.90 Å². The molecule has 4 nitrogen and oxygen atoms in total. The summed E-state index contributed by atoms with van der Waals surface area (Å²) in [5.41, 5.74) is 0.817. The molecule has 1 aliphatic carbocycles. The third kappa shape index (κ3) is 1.97. The van der Waals surface area contributed by atoms with Gasteiger partial charge in [-0.2, -0.15) is 0 Å². The Labute approximate surface area is 131 Å². The number of esters is 1. The third-order valence-electron chi connectivity index (χ3n) is 5.82. The number of benzene rings is 1. The van der Waals surface area contributed by atoms with Crippen molar-refractivity contribution in [3.05, 3.63) is 29.3 Å². The van der Waals surface area contributed by atoms with E-state index in [0.29, 0.717) is 11.5 Å². The van der Waals surface area contributed by atoms with E-state index in [2.05, 4.69) is 20.8 Å². The number of fused-ring (bicyclic) bond motifs is 1. The quantitative estimate of drug-likeness (QED) is 0.810. The SMILES string of the molecule is COC(=O)c1ccc2c(c1)C[C@@]1(O2)[C@@H](C)CC[C@@H](O)C1(C)C. The van der Waals surface area contributed by atoms with E-state index >= 15 is 0 Å². The van der Waals surface area contributed by atoms with Crippen molar-refractivity contribution >= 4 is 5.97 Å². The van der Waals surface area contributed by atoms with Crippen LogP contribution < -0.4 is 4.74 Å². The molecular formula is C18H24O4. The van der Waals surface area contributed by atoms with Gasteiger partial charge < -0.3 is 14.6 Å². The second-order valence-corrected chi connectivity index (χ2v) is 7.20. The van der Waals surface area contributed by atoms with Crippen molar-refractivity contribution in [1.29, 1.82) is 0 Å². The number of carbonyl (C=O) groups excluding carboxylic acids is 1. The van der Waals surface area contributed by atoms with Gasteiger partial charge in [0.25, 0.3) is 0 Å². The molecule has 0 radical (unpaired) electrons. The van der Waals surface area contributed by atoms with Crippen LogP contribution in [0.3, 0.4) is 0 Å². The standard InChI is InChI=1S/C18H24O4/c1-11-5-8-15(19)17(2,3)18(11)10-13-9-12(16(20)21-4)6-7-14(13)22-18/h6-7,9,11,15,19H,5,8,10H2,1-4H3/t11-,15+,18+/m0/s1. The highest BCUT2D eigenvalue weighted by Crippen LogP contribution is 2.55. The number of methoxy groups -OCH3 is 1. The van der Waals surface area contributed by atoms with Crippen molar-refractivity contribution in [1.82, 2.24) is 0 Å². The van der Waals surface area contributed by atoms with Crippen molar-refractivity contribution in [2.45, 2.75) is 51.7 Å². The highest BCUT2D eigenvalue weighted by molar-refractivity contribution is 5.89. The first kappa shape index (κ1) is 15.3. The van der Waals surface area contributed by atoms with Crippen LogP contribution >= 0.6 is 0 Å². The van der Waals surface area contributed by atoms with E-state index in [1.54, 1.807) is 6.07 Å². The van der Waals surface area contributed by atoms with Crippen LogP contribution in [0.15, 0.2) is 18.2 Å². The van der Waals surface area contributed by atoms with Crippen LogP contribution in [0.1, 0.15) is 49.5 Å². The van der Waals surface area contributed by atoms with Gasteiger partial charge in [0.15, 0.2) is 0 Å². The Kier molecular flexibility index (Phi) is 3.48. The first-order valence-corrected chi connectivity index (χ1v) is 7.90. The van der Waals surface area contributed by atoms with Crippen LogP contribution in [0.25, 0.3) is 0 Å². The van der Waals surface area contributed by atoms with Crippen molar-refractivity contribution < 1.29 is 19.4 Å². The van der Waals surface area contributed by atoms with Crippen molar-refractivity contribution in [3.8, 4) is 5.75 Å². The average Bonchev–Trinajstić information content (AvgIpc) is 2.89. The molecule has 0 unspecified atom stereocenters. The molecule has 1 aromatic carbocycles. The minimum absolute atomic E-state index is 0.334. The van der Waals surface area contributed by atoms with Gasteiger partial charge in [0.05, 0.1) is 18.8 Å². The minimum atomic E-state index is -0.415. The summed E-state index contributed by atoms with van der Waals surface area (Å²) in [6, 6.07) is 5.44. The zero-order chi connectivity index (χ0) is 16.1. The van der Waals surface area contributed by atoms with Crippen molar-refractivity contribution in [2.24, 2.45) is 11.3 Å². The van der Waals surface area contributed by atoms with E-state index in [4.69, 9.17) is 9.47 Å². The Morgan fingerprint density at radius 2 is 2.09 bits per heavy atom. The molecule has 4 heteroatoms. The largest absolute Gasteiger partial charge is 0.486 e. The van der Waals surface area contributed by atoms with Crippen LogP contribution in [0, 0.1) is 11.3 Å². The number of hydrogen-bond donors (Lipinski definition) is 1. The van der Waals surface area contributed by atoms with Gasteiger partial charge >= 0.3 is 5.97 Å². The molecular weight excluding hydrogens is 280 g/mol. The second kappa shape index (κ2) is 4.98. The van der Waals surface area contributed by atoms with Gasteiger partial charge in [-0.1, -0.05) is 20.8 Å². The molecule has 0 amide bonds. The lowest BCUT2D eigenvalue weighted by Gasteiger charge is -2.53. The van der Waals surface area contributed by atoms with E-state index in [0.717, 1.165) is 30.6 Å². The van der Waals surface area contributed by atoms with Crippen LogP contribution in [-0.2, 0) is 11.2 Å². The molecule has 1 aliphatic heterocycles. The molecule has 3 atom stereocenters. The summed E-state index contributed by atoms with van der Waals surface area (Å²) in [5, 5.41) is 10.5. The molecule has 0 bridgehead atoms. The number of rotatable bonds is 1. The fraction of sp³-hybridized carbons (Fsp3) is 0.611. The van der Waals surface area contributed by atoms with Gasteiger partial charge in [-0.3, -0.25) is 0 Å². The lowest BCUT2D eigenvalue weighted by molar-refractivity contribution is -0.156. The lowest BCUT2D eigenvalue weighted by Crippen LogP contribution is -2.61. The summed E-state index contributed by atoms with van der Waals surface area (Å²) in [5.74, 6) is 0.835. The molecule has 120 valence electrons. The summed E-state index contributed by atoms with van der Waals surface area (Å²) in [6.45, 7) is 6.36. The first-order chi connectivity index (χ1) is 10.3. The average molecular weight is 304 g/mol. The van der Waals surface area contributed by atoms with Crippen LogP contribution in [0.5, 0.6) is 5.75 Å². The van der Waals surface area contributed by atoms with Crippen molar-refractivity contribution in [2.75, 3.05) is 7.11 Å². The maximum Gasteiger partial charge on any atom is 0.337 e. The summed E-state index contributed by atoms with van der Waals surface area (Å²) >= 11 is 0. The van der Waals surface area contributed by atoms with Gasteiger partial charge in [-0.25, -0.2) is 4.79 Å². The molecule has 1 fully saturated rings. The molecule has 3 rings (SSSR count). The summed E-state index contributed by atoms with van der Waals surface area (Å²) in [7, 11) is 1.39. The number of aliphatic hydroxyl groups excluding tert-OH is 1. The molecule has 1 aromatic rings. The number of hydrogen-bond acceptors (Lipinski definition) is 4. The van der Waals surface area contributed by atoms with Crippen LogP contribution in [0.4, 0.5) is 0 Å². The normalized spacial score (nSPS) is 32.4. The minimum Gasteiger partial charge on any atom is -0.486 e. The van der Waals surface area contributed by atoms with Gasteiger partial charge in [0.2, 0.25) is 0 Å². The maximum atomic E-state index is 11.7. The molecule has 0 saturated heterocycles. The number of aliphatic hydroxyl groups is 1. The molecule has 1 heterocycles. The lowest BCUT2D eigenvalue weighted by atomic mass is 9.58. The molecule has 22 heavy (non-hydrogen) atoms. The topological polar surface area (TPSA) is 55.8 Å². The van der Waals surface area contributed by atoms with E-state index in [1.165, 1.54) is 7.11 Å². The molecule has 1 spiro atoms. The highest BCUT2D eigenvalue weighted by Gasteiger charge is 2.59. The highest BCUT2D eigenvalue weighted by atomic mass is 16.5. The maximum absolute atomic E-state index is 11.7. The Bertz CT molecular complexity index is 607. The number of ether oxygens (including phenoxy) is 2. The molecule has 0 aromatic heterocycles. The van der Waals surface area contributed by atoms with E-state index < -0.39 is 5.60 Å².